The number of benzene rings is 2. The van der Waals surface area contributed by atoms with Gasteiger partial charge < -0.3 is 19.5 Å². The van der Waals surface area contributed by atoms with Crippen molar-refractivity contribution >= 4 is 5.91 Å². The van der Waals surface area contributed by atoms with Gasteiger partial charge in [0.15, 0.2) is 23.1 Å². The van der Waals surface area contributed by atoms with Crippen molar-refractivity contribution in [1.82, 2.24) is 5.32 Å². The highest BCUT2D eigenvalue weighted by Crippen LogP contribution is 2.27. The highest BCUT2D eigenvalue weighted by molar-refractivity contribution is 5.75. The quantitative estimate of drug-likeness (QED) is 0.693. The molecule has 0 aliphatic heterocycles. The summed E-state index contributed by atoms with van der Waals surface area (Å²) in [5, 5.41) is 2.66. The summed E-state index contributed by atoms with van der Waals surface area (Å²) in [6.45, 7) is 2.53. The molecule has 2 rings (SSSR count). The molecule has 26 heavy (non-hydrogen) atoms. The first-order chi connectivity index (χ1) is 12.5. The molecule has 0 unspecified atom stereocenters. The lowest BCUT2D eigenvalue weighted by atomic mass is 10.2. The van der Waals surface area contributed by atoms with Gasteiger partial charge in [0.2, 0.25) is 5.91 Å². The van der Waals surface area contributed by atoms with Gasteiger partial charge in [-0.2, -0.15) is 0 Å². The summed E-state index contributed by atoms with van der Waals surface area (Å²) in [5.74, 6) is -0.720. The Labute approximate surface area is 150 Å². The predicted molar refractivity (Wildman–Crippen MR) is 92.7 cm³/mol. The first-order valence-electron chi connectivity index (χ1n) is 8.11. The van der Waals surface area contributed by atoms with Crippen LogP contribution in [0, 0.1) is 18.6 Å². The maximum absolute atomic E-state index is 13.0. The Hall–Kier alpha value is -2.83. The Bertz CT molecular complexity index is 752. The molecule has 140 valence electrons. The molecule has 0 saturated carbocycles. The van der Waals surface area contributed by atoms with Gasteiger partial charge in [0.25, 0.3) is 0 Å². The number of nitrogens with one attached hydrogen (secondary N) is 1. The highest BCUT2D eigenvalue weighted by Gasteiger charge is 2.07. The normalized spacial score (nSPS) is 10.3. The number of carbonyl (C=O) groups excluding carboxylic acids is 1. The molecule has 1 N–H and O–H groups in total. The molecule has 2 aromatic carbocycles. The van der Waals surface area contributed by atoms with E-state index in [1.165, 1.54) is 6.07 Å². The highest BCUT2D eigenvalue weighted by atomic mass is 19.2. The van der Waals surface area contributed by atoms with Crippen LogP contribution in [0.4, 0.5) is 8.78 Å². The third-order valence-corrected chi connectivity index (χ3v) is 3.49. The van der Waals surface area contributed by atoms with Crippen molar-refractivity contribution in [1.29, 1.82) is 0 Å². The molecule has 0 saturated heterocycles. The van der Waals surface area contributed by atoms with Crippen LogP contribution in [0.15, 0.2) is 36.4 Å². The lowest BCUT2D eigenvalue weighted by molar-refractivity contribution is -0.121. The van der Waals surface area contributed by atoms with Gasteiger partial charge in [-0.15, -0.1) is 0 Å². The summed E-state index contributed by atoms with van der Waals surface area (Å²) in [7, 11) is 1.56. The minimum atomic E-state index is -0.977. The van der Waals surface area contributed by atoms with E-state index in [2.05, 4.69) is 5.32 Å². The number of methoxy groups -OCH3 is 1. The van der Waals surface area contributed by atoms with E-state index in [-0.39, 0.29) is 37.8 Å². The summed E-state index contributed by atoms with van der Waals surface area (Å²) in [6, 6.07) is 8.81. The van der Waals surface area contributed by atoms with Crippen molar-refractivity contribution in [2.24, 2.45) is 0 Å². The second-order valence-electron chi connectivity index (χ2n) is 5.53. The van der Waals surface area contributed by atoms with Crippen LogP contribution < -0.4 is 19.5 Å². The van der Waals surface area contributed by atoms with Gasteiger partial charge in [0.05, 0.1) is 26.7 Å². The Morgan fingerprint density at radius 3 is 2.54 bits per heavy atom. The number of halogens is 2. The summed E-state index contributed by atoms with van der Waals surface area (Å²) in [4.78, 5) is 11.8. The fourth-order valence-electron chi connectivity index (χ4n) is 2.16. The summed E-state index contributed by atoms with van der Waals surface area (Å²) >= 11 is 0. The summed E-state index contributed by atoms with van der Waals surface area (Å²) < 4.78 is 41.8. The van der Waals surface area contributed by atoms with E-state index in [9.17, 15) is 13.6 Å². The SMILES string of the molecule is COc1cc(C)ccc1OCCC(=O)NCCOc1ccc(F)c(F)c1. The van der Waals surface area contributed by atoms with Gasteiger partial charge >= 0.3 is 0 Å². The molecule has 0 aliphatic rings. The lowest BCUT2D eigenvalue weighted by Gasteiger charge is -2.11. The minimum absolute atomic E-state index is 0.142. The van der Waals surface area contributed by atoms with Gasteiger partial charge in [-0.25, -0.2) is 8.78 Å². The molecular weight excluding hydrogens is 344 g/mol. The van der Waals surface area contributed by atoms with Gasteiger partial charge in [-0.3, -0.25) is 4.79 Å². The number of rotatable bonds is 9. The molecule has 7 heteroatoms. The number of hydrogen-bond donors (Lipinski definition) is 1. The van der Waals surface area contributed by atoms with Crippen molar-refractivity contribution < 1.29 is 27.8 Å². The maximum Gasteiger partial charge on any atom is 0.223 e. The first-order valence-corrected chi connectivity index (χ1v) is 8.11. The molecule has 0 aliphatic carbocycles. The van der Waals surface area contributed by atoms with E-state index in [0.717, 1.165) is 17.7 Å². The van der Waals surface area contributed by atoms with Crippen LogP contribution in [0.3, 0.4) is 0 Å². The standard InChI is InChI=1S/C19H21F2NO4/c1-13-3-6-17(18(11-13)24-2)26-9-7-19(23)22-8-10-25-14-4-5-15(20)16(21)12-14/h3-6,11-12H,7-10H2,1-2H3,(H,22,23). The number of hydrogen-bond acceptors (Lipinski definition) is 4. The van der Waals surface area contributed by atoms with E-state index in [1.807, 2.05) is 19.1 Å². The second-order valence-corrected chi connectivity index (χ2v) is 5.53. The number of amides is 1. The topological polar surface area (TPSA) is 56.8 Å². The molecule has 0 bridgehead atoms. The van der Waals surface area contributed by atoms with Gasteiger partial charge in [0.1, 0.15) is 12.4 Å². The van der Waals surface area contributed by atoms with Crippen LogP contribution in [0.2, 0.25) is 0 Å². The largest absolute Gasteiger partial charge is 0.493 e. The molecule has 1 amide bonds. The average molecular weight is 365 g/mol. The molecule has 2 aromatic rings. The number of carbonyl (C=O) groups is 1. The molecule has 0 radical (unpaired) electrons. The lowest BCUT2D eigenvalue weighted by Crippen LogP contribution is -2.29. The van der Waals surface area contributed by atoms with Crippen LogP contribution >= 0.6 is 0 Å². The monoisotopic (exact) mass is 365 g/mol. The Balaban J connectivity index is 1.65. The van der Waals surface area contributed by atoms with Crippen LogP contribution in [-0.4, -0.2) is 32.8 Å². The number of aryl methyl sites for hydroxylation is 1. The first kappa shape index (κ1) is 19.5. The molecule has 0 fully saturated rings. The van der Waals surface area contributed by atoms with Crippen molar-refractivity contribution in [2.45, 2.75) is 13.3 Å². The van der Waals surface area contributed by atoms with Crippen molar-refractivity contribution in [3.8, 4) is 17.2 Å². The van der Waals surface area contributed by atoms with E-state index < -0.39 is 11.6 Å². The fourth-order valence-corrected chi connectivity index (χ4v) is 2.16. The van der Waals surface area contributed by atoms with E-state index in [0.29, 0.717) is 11.5 Å². The maximum atomic E-state index is 13.0. The molecule has 0 heterocycles. The van der Waals surface area contributed by atoms with Crippen molar-refractivity contribution in [3.63, 3.8) is 0 Å². The van der Waals surface area contributed by atoms with Gasteiger partial charge in [-0.05, 0) is 36.8 Å². The van der Waals surface area contributed by atoms with Crippen LogP contribution in [-0.2, 0) is 4.79 Å². The van der Waals surface area contributed by atoms with Crippen LogP contribution in [0.1, 0.15) is 12.0 Å². The van der Waals surface area contributed by atoms with Crippen LogP contribution in [0.25, 0.3) is 0 Å². The third-order valence-electron chi connectivity index (χ3n) is 3.49. The average Bonchev–Trinajstić information content (AvgIpc) is 2.62. The fraction of sp³-hybridized carbons (Fsp3) is 0.316. The molecular formula is C19H21F2NO4. The Morgan fingerprint density at radius 1 is 1.00 bits per heavy atom. The Kier molecular flexibility index (Phi) is 7.20. The zero-order valence-electron chi connectivity index (χ0n) is 14.7. The molecule has 0 atom stereocenters. The van der Waals surface area contributed by atoms with E-state index in [4.69, 9.17) is 14.2 Å². The third kappa shape index (κ3) is 5.91. The summed E-state index contributed by atoms with van der Waals surface area (Å²) in [5.41, 5.74) is 1.05. The van der Waals surface area contributed by atoms with Crippen LogP contribution in [0.5, 0.6) is 17.2 Å². The molecule has 5 nitrogen and oxygen atoms in total. The molecule has 0 spiro atoms. The number of ether oxygens (including phenoxy) is 3. The minimum Gasteiger partial charge on any atom is -0.493 e. The smallest absolute Gasteiger partial charge is 0.223 e. The predicted octanol–water partition coefficient (Wildman–Crippen LogP) is 3.25. The zero-order chi connectivity index (χ0) is 18.9. The van der Waals surface area contributed by atoms with Gasteiger partial charge in [-0.1, -0.05) is 6.07 Å². The summed E-state index contributed by atoms with van der Waals surface area (Å²) in [6.07, 6.45) is 0.169. The molecule has 0 aromatic heterocycles. The van der Waals surface area contributed by atoms with Gasteiger partial charge in [0, 0.05) is 6.07 Å². The van der Waals surface area contributed by atoms with Crippen molar-refractivity contribution in [3.05, 3.63) is 53.6 Å². The van der Waals surface area contributed by atoms with E-state index in [1.54, 1.807) is 13.2 Å². The second kappa shape index (κ2) is 9.60. The zero-order valence-corrected chi connectivity index (χ0v) is 14.7. The van der Waals surface area contributed by atoms with E-state index >= 15 is 0 Å². The van der Waals surface area contributed by atoms with Crippen molar-refractivity contribution in [2.75, 3.05) is 26.9 Å². The Morgan fingerprint density at radius 2 is 1.81 bits per heavy atom.